The summed E-state index contributed by atoms with van der Waals surface area (Å²) < 4.78 is 0. The summed E-state index contributed by atoms with van der Waals surface area (Å²) in [6.07, 6.45) is 3.89. The van der Waals surface area contributed by atoms with Crippen molar-refractivity contribution in [1.29, 1.82) is 0 Å². The van der Waals surface area contributed by atoms with E-state index in [1.807, 2.05) is 0 Å². The lowest BCUT2D eigenvalue weighted by atomic mass is 9.98. The molecule has 0 aromatic heterocycles. The zero-order valence-corrected chi connectivity index (χ0v) is 9.14. The molecule has 1 heteroatoms. The average Bonchev–Trinajstić information content (AvgIpc) is 2.64. The van der Waals surface area contributed by atoms with Crippen molar-refractivity contribution in [1.82, 2.24) is 5.32 Å². The van der Waals surface area contributed by atoms with E-state index in [2.05, 4.69) is 37.4 Å². The molecular formula is C13H19N. The Morgan fingerprint density at radius 2 is 2.21 bits per heavy atom. The average molecular weight is 189 g/mol. The van der Waals surface area contributed by atoms with Crippen molar-refractivity contribution in [3.05, 3.63) is 34.9 Å². The first-order valence-electron chi connectivity index (χ1n) is 5.55. The maximum atomic E-state index is 3.55. The lowest BCUT2D eigenvalue weighted by Crippen LogP contribution is -2.23. The molecule has 1 unspecified atom stereocenters. The first kappa shape index (κ1) is 9.72. The predicted molar refractivity (Wildman–Crippen MR) is 60.6 cm³/mol. The molecule has 0 bridgehead atoms. The number of benzene rings is 1. The van der Waals surface area contributed by atoms with E-state index < -0.39 is 0 Å². The molecule has 1 N–H and O–H groups in total. The van der Waals surface area contributed by atoms with E-state index in [0.29, 0.717) is 0 Å². The Kier molecular flexibility index (Phi) is 2.87. The fraction of sp³-hybridized carbons (Fsp3) is 0.538. The van der Waals surface area contributed by atoms with Crippen LogP contribution in [-0.4, -0.2) is 12.6 Å². The minimum Gasteiger partial charge on any atom is -0.314 e. The highest BCUT2D eigenvalue weighted by atomic mass is 14.9. The molecule has 2 rings (SSSR count). The van der Waals surface area contributed by atoms with Crippen LogP contribution in [0.1, 0.15) is 29.5 Å². The molecule has 0 saturated carbocycles. The minimum atomic E-state index is 0.718. The first-order chi connectivity index (χ1) is 6.75. The topological polar surface area (TPSA) is 12.0 Å². The fourth-order valence-corrected chi connectivity index (χ4v) is 2.22. The highest BCUT2D eigenvalue weighted by molar-refractivity contribution is 5.31. The summed E-state index contributed by atoms with van der Waals surface area (Å²) in [7, 11) is 0. The van der Waals surface area contributed by atoms with Crippen LogP contribution < -0.4 is 5.32 Å². The van der Waals surface area contributed by atoms with E-state index in [-0.39, 0.29) is 0 Å². The monoisotopic (exact) mass is 189 g/mol. The predicted octanol–water partition coefficient (Wildman–Crippen LogP) is 2.60. The molecular weight excluding hydrogens is 170 g/mol. The van der Waals surface area contributed by atoms with Gasteiger partial charge >= 0.3 is 0 Å². The van der Waals surface area contributed by atoms with Crippen LogP contribution in [0, 0.1) is 13.8 Å². The summed E-state index contributed by atoms with van der Waals surface area (Å²) >= 11 is 0. The molecule has 76 valence electrons. The van der Waals surface area contributed by atoms with E-state index in [1.165, 1.54) is 42.5 Å². The Morgan fingerprint density at radius 3 is 2.93 bits per heavy atom. The van der Waals surface area contributed by atoms with Gasteiger partial charge in [-0.1, -0.05) is 23.8 Å². The number of rotatable bonds is 2. The Balaban J connectivity index is 2.10. The molecule has 1 aromatic carbocycles. The van der Waals surface area contributed by atoms with Gasteiger partial charge in [0.05, 0.1) is 0 Å². The van der Waals surface area contributed by atoms with Gasteiger partial charge in [-0.2, -0.15) is 0 Å². The van der Waals surface area contributed by atoms with Crippen LogP contribution in [-0.2, 0) is 6.42 Å². The van der Waals surface area contributed by atoms with Crippen molar-refractivity contribution < 1.29 is 0 Å². The first-order valence-corrected chi connectivity index (χ1v) is 5.55. The molecule has 1 atom stereocenters. The van der Waals surface area contributed by atoms with Crippen molar-refractivity contribution in [3.63, 3.8) is 0 Å². The summed E-state index contributed by atoms with van der Waals surface area (Å²) in [4.78, 5) is 0. The zero-order chi connectivity index (χ0) is 9.97. The second kappa shape index (κ2) is 4.14. The smallest absolute Gasteiger partial charge is 0.0108 e. The van der Waals surface area contributed by atoms with Gasteiger partial charge in [0.25, 0.3) is 0 Å². The highest BCUT2D eigenvalue weighted by Gasteiger charge is 2.14. The van der Waals surface area contributed by atoms with Gasteiger partial charge in [-0.25, -0.2) is 0 Å². The molecule has 1 fully saturated rings. The molecule has 1 heterocycles. The summed E-state index contributed by atoms with van der Waals surface area (Å²) in [5, 5.41) is 3.55. The molecule has 1 aliphatic rings. The third-order valence-corrected chi connectivity index (χ3v) is 3.13. The summed E-state index contributed by atoms with van der Waals surface area (Å²) in [6.45, 7) is 5.59. The lowest BCUT2D eigenvalue weighted by molar-refractivity contribution is 0.601. The van der Waals surface area contributed by atoms with Gasteiger partial charge in [-0.05, 0) is 50.8 Å². The number of hydrogen-bond acceptors (Lipinski definition) is 1. The third-order valence-electron chi connectivity index (χ3n) is 3.13. The van der Waals surface area contributed by atoms with Crippen molar-refractivity contribution in [2.45, 2.75) is 39.2 Å². The second-order valence-electron chi connectivity index (χ2n) is 4.43. The van der Waals surface area contributed by atoms with Crippen LogP contribution in [0.15, 0.2) is 18.2 Å². The fourth-order valence-electron chi connectivity index (χ4n) is 2.22. The van der Waals surface area contributed by atoms with Crippen LogP contribution in [0.25, 0.3) is 0 Å². The Hall–Kier alpha value is -0.820. The van der Waals surface area contributed by atoms with E-state index in [9.17, 15) is 0 Å². The molecule has 14 heavy (non-hydrogen) atoms. The molecule has 0 spiro atoms. The van der Waals surface area contributed by atoms with Gasteiger partial charge < -0.3 is 5.32 Å². The summed E-state index contributed by atoms with van der Waals surface area (Å²) in [5.74, 6) is 0. The van der Waals surface area contributed by atoms with Gasteiger partial charge in [-0.15, -0.1) is 0 Å². The highest BCUT2D eigenvalue weighted by Crippen LogP contribution is 2.16. The molecule has 0 amide bonds. The Bertz CT molecular complexity index is 311. The van der Waals surface area contributed by atoms with Gasteiger partial charge in [0.2, 0.25) is 0 Å². The maximum Gasteiger partial charge on any atom is 0.0108 e. The van der Waals surface area contributed by atoms with E-state index in [1.54, 1.807) is 0 Å². The van der Waals surface area contributed by atoms with Crippen LogP contribution >= 0.6 is 0 Å². The molecule has 0 aliphatic carbocycles. The summed E-state index contributed by atoms with van der Waals surface area (Å²) in [6, 6.07) is 7.48. The van der Waals surface area contributed by atoms with Gasteiger partial charge in [-0.3, -0.25) is 0 Å². The SMILES string of the molecule is Cc1ccc(C)c(CC2CCCN2)c1. The van der Waals surface area contributed by atoms with E-state index in [4.69, 9.17) is 0 Å². The lowest BCUT2D eigenvalue weighted by Gasteiger charge is -2.12. The molecule has 1 nitrogen and oxygen atoms in total. The quantitative estimate of drug-likeness (QED) is 0.754. The normalized spacial score (nSPS) is 21.4. The van der Waals surface area contributed by atoms with Crippen molar-refractivity contribution in [2.75, 3.05) is 6.54 Å². The van der Waals surface area contributed by atoms with Crippen molar-refractivity contribution in [3.8, 4) is 0 Å². The Morgan fingerprint density at radius 1 is 1.36 bits per heavy atom. The zero-order valence-electron chi connectivity index (χ0n) is 9.14. The molecule has 1 aliphatic heterocycles. The number of hydrogen-bond donors (Lipinski definition) is 1. The second-order valence-corrected chi connectivity index (χ2v) is 4.43. The van der Waals surface area contributed by atoms with Crippen LogP contribution in [0.4, 0.5) is 0 Å². The van der Waals surface area contributed by atoms with Gasteiger partial charge in [0.15, 0.2) is 0 Å². The van der Waals surface area contributed by atoms with Gasteiger partial charge in [0, 0.05) is 6.04 Å². The van der Waals surface area contributed by atoms with Crippen LogP contribution in [0.3, 0.4) is 0 Å². The van der Waals surface area contributed by atoms with E-state index >= 15 is 0 Å². The third kappa shape index (κ3) is 2.16. The molecule has 1 aromatic rings. The number of nitrogens with one attached hydrogen (secondary N) is 1. The van der Waals surface area contributed by atoms with Gasteiger partial charge in [0.1, 0.15) is 0 Å². The standard InChI is InChI=1S/C13H19N/c1-10-5-6-11(2)12(8-10)9-13-4-3-7-14-13/h5-6,8,13-14H,3-4,7,9H2,1-2H3. The maximum absolute atomic E-state index is 3.55. The van der Waals surface area contributed by atoms with Crippen molar-refractivity contribution >= 4 is 0 Å². The van der Waals surface area contributed by atoms with Crippen LogP contribution in [0.5, 0.6) is 0 Å². The molecule has 0 radical (unpaired) electrons. The largest absolute Gasteiger partial charge is 0.314 e. The minimum absolute atomic E-state index is 0.718. The van der Waals surface area contributed by atoms with Crippen molar-refractivity contribution in [2.24, 2.45) is 0 Å². The Labute approximate surface area is 86.5 Å². The number of aryl methyl sites for hydroxylation is 2. The van der Waals surface area contributed by atoms with Crippen LogP contribution in [0.2, 0.25) is 0 Å². The summed E-state index contributed by atoms with van der Waals surface area (Å²) in [5.41, 5.74) is 4.33. The van der Waals surface area contributed by atoms with E-state index in [0.717, 1.165) is 6.04 Å². The molecule has 1 saturated heterocycles.